The van der Waals surface area contributed by atoms with E-state index >= 15 is 0 Å². The van der Waals surface area contributed by atoms with Crippen LogP contribution < -0.4 is 5.32 Å². The highest BCUT2D eigenvalue weighted by molar-refractivity contribution is 5.84. The van der Waals surface area contributed by atoms with Gasteiger partial charge in [-0.15, -0.1) is 0 Å². The molecule has 1 aliphatic rings. The molecule has 0 spiro atoms. The van der Waals surface area contributed by atoms with E-state index in [4.69, 9.17) is 0 Å². The Labute approximate surface area is 117 Å². The van der Waals surface area contributed by atoms with Crippen molar-refractivity contribution < 1.29 is 14.7 Å². The van der Waals surface area contributed by atoms with E-state index in [1.54, 1.807) is 17.3 Å². The molecule has 0 unspecified atom stereocenters. The van der Waals surface area contributed by atoms with Gasteiger partial charge in [-0.25, -0.2) is 0 Å². The number of aliphatic hydroxyl groups excluding tert-OH is 1. The van der Waals surface area contributed by atoms with Gasteiger partial charge < -0.3 is 15.3 Å². The molecule has 0 aliphatic carbocycles. The average molecular weight is 277 g/mol. The molecule has 0 radical (unpaired) electrons. The Balaban J connectivity index is 2.01. The number of nitrogens with one attached hydrogen (secondary N) is 1. The van der Waals surface area contributed by atoms with E-state index in [0.717, 1.165) is 5.56 Å². The summed E-state index contributed by atoms with van der Waals surface area (Å²) < 4.78 is 0. The molecule has 6 heteroatoms. The van der Waals surface area contributed by atoms with Crippen LogP contribution in [0.4, 0.5) is 0 Å². The molecule has 20 heavy (non-hydrogen) atoms. The number of amides is 2. The summed E-state index contributed by atoms with van der Waals surface area (Å²) in [4.78, 5) is 28.6. The molecule has 1 fully saturated rings. The predicted octanol–water partition coefficient (Wildman–Crippen LogP) is -0.278. The summed E-state index contributed by atoms with van der Waals surface area (Å²) in [6.45, 7) is 1.87. The number of hydrogen-bond donors (Lipinski definition) is 2. The molecule has 0 saturated carbocycles. The maximum atomic E-state index is 12.1. The van der Waals surface area contributed by atoms with E-state index in [9.17, 15) is 14.7 Å². The molecule has 2 rings (SSSR count). The average Bonchev–Trinajstić information content (AvgIpc) is 2.79. The smallest absolute Gasteiger partial charge is 0.242 e. The lowest BCUT2D eigenvalue weighted by Gasteiger charge is -2.26. The van der Waals surface area contributed by atoms with E-state index in [1.165, 1.54) is 6.92 Å². The largest absolute Gasteiger partial charge is 0.391 e. The fourth-order valence-electron chi connectivity index (χ4n) is 2.46. The second-order valence-corrected chi connectivity index (χ2v) is 4.99. The van der Waals surface area contributed by atoms with Gasteiger partial charge in [-0.2, -0.15) is 0 Å². The van der Waals surface area contributed by atoms with E-state index in [2.05, 4.69) is 10.3 Å². The molecule has 2 heterocycles. The third kappa shape index (κ3) is 3.54. The number of carbonyl (C=O) groups is 2. The molecule has 2 N–H and O–H groups in total. The van der Waals surface area contributed by atoms with Crippen LogP contribution in [0.5, 0.6) is 0 Å². The van der Waals surface area contributed by atoms with Gasteiger partial charge in [-0.3, -0.25) is 14.6 Å². The Kier molecular flexibility index (Phi) is 4.68. The summed E-state index contributed by atoms with van der Waals surface area (Å²) in [5.74, 6) is -0.396. The van der Waals surface area contributed by atoms with Crippen molar-refractivity contribution >= 4 is 11.8 Å². The van der Waals surface area contributed by atoms with Crippen molar-refractivity contribution in [3.8, 4) is 0 Å². The van der Waals surface area contributed by atoms with Crippen LogP contribution in [0.1, 0.15) is 18.9 Å². The van der Waals surface area contributed by atoms with Crippen LogP contribution in [0.3, 0.4) is 0 Å². The van der Waals surface area contributed by atoms with Crippen molar-refractivity contribution in [3.63, 3.8) is 0 Å². The SMILES string of the molecule is CC(=O)NCC(=O)N1CC[C@@H](O)[C@@H]1Cc1cccnc1. The topological polar surface area (TPSA) is 82.5 Å². The fourth-order valence-corrected chi connectivity index (χ4v) is 2.46. The van der Waals surface area contributed by atoms with E-state index < -0.39 is 6.10 Å². The van der Waals surface area contributed by atoms with Crippen LogP contribution in [0, 0.1) is 0 Å². The lowest BCUT2D eigenvalue weighted by molar-refractivity contribution is -0.133. The highest BCUT2D eigenvalue weighted by Crippen LogP contribution is 2.21. The lowest BCUT2D eigenvalue weighted by Crippen LogP contribution is -2.45. The number of pyridine rings is 1. The molecule has 0 bridgehead atoms. The van der Waals surface area contributed by atoms with Gasteiger partial charge >= 0.3 is 0 Å². The number of aromatic nitrogens is 1. The quantitative estimate of drug-likeness (QED) is 0.793. The second-order valence-electron chi connectivity index (χ2n) is 4.99. The first-order valence-corrected chi connectivity index (χ1v) is 6.69. The minimum Gasteiger partial charge on any atom is -0.391 e. The zero-order valence-corrected chi connectivity index (χ0v) is 11.5. The van der Waals surface area contributed by atoms with Crippen LogP contribution in [-0.2, 0) is 16.0 Å². The predicted molar refractivity (Wildman–Crippen MR) is 72.7 cm³/mol. The second kappa shape index (κ2) is 6.47. The van der Waals surface area contributed by atoms with Gasteiger partial charge in [-0.1, -0.05) is 6.07 Å². The van der Waals surface area contributed by atoms with Gasteiger partial charge in [0.05, 0.1) is 18.7 Å². The van der Waals surface area contributed by atoms with E-state index in [1.807, 2.05) is 12.1 Å². The van der Waals surface area contributed by atoms with Gasteiger partial charge in [0.25, 0.3) is 0 Å². The normalized spacial score (nSPS) is 21.8. The highest BCUT2D eigenvalue weighted by Gasteiger charge is 2.35. The zero-order valence-electron chi connectivity index (χ0n) is 11.5. The third-order valence-electron chi connectivity index (χ3n) is 3.49. The summed E-state index contributed by atoms with van der Waals surface area (Å²) in [5, 5.41) is 12.5. The number of rotatable bonds is 4. The van der Waals surface area contributed by atoms with Crippen molar-refractivity contribution in [2.45, 2.75) is 31.9 Å². The van der Waals surface area contributed by atoms with E-state index in [-0.39, 0.29) is 24.4 Å². The Morgan fingerprint density at radius 1 is 1.55 bits per heavy atom. The molecule has 6 nitrogen and oxygen atoms in total. The highest BCUT2D eigenvalue weighted by atomic mass is 16.3. The molecule has 1 aromatic heterocycles. The monoisotopic (exact) mass is 277 g/mol. The summed E-state index contributed by atoms with van der Waals surface area (Å²) in [6.07, 6.45) is 4.03. The maximum absolute atomic E-state index is 12.1. The molecule has 1 saturated heterocycles. The van der Waals surface area contributed by atoms with Crippen LogP contribution >= 0.6 is 0 Å². The van der Waals surface area contributed by atoms with Crippen molar-refractivity contribution in [2.24, 2.45) is 0 Å². The van der Waals surface area contributed by atoms with Gasteiger partial charge in [0.2, 0.25) is 11.8 Å². The first kappa shape index (κ1) is 14.5. The summed E-state index contributed by atoms with van der Waals surface area (Å²) >= 11 is 0. The number of nitrogens with zero attached hydrogens (tertiary/aromatic N) is 2. The van der Waals surface area contributed by atoms with Crippen molar-refractivity contribution in [1.82, 2.24) is 15.2 Å². The molecule has 108 valence electrons. The summed E-state index contributed by atoms with van der Waals surface area (Å²) in [5.41, 5.74) is 0.982. The molecular formula is C14H19N3O3. The van der Waals surface area contributed by atoms with Crippen molar-refractivity contribution in [1.29, 1.82) is 0 Å². The zero-order chi connectivity index (χ0) is 14.5. The Hall–Kier alpha value is -1.95. The Morgan fingerprint density at radius 2 is 2.35 bits per heavy atom. The van der Waals surface area contributed by atoms with Crippen LogP contribution in [0.25, 0.3) is 0 Å². The van der Waals surface area contributed by atoms with Crippen LogP contribution in [-0.4, -0.2) is 52.0 Å². The molecule has 2 atom stereocenters. The summed E-state index contributed by atoms with van der Waals surface area (Å²) in [7, 11) is 0. The standard InChI is InChI=1S/C14H19N3O3/c1-10(18)16-9-14(20)17-6-4-13(19)12(17)7-11-3-2-5-15-8-11/h2-3,5,8,12-13,19H,4,6-7,9H2,1H3,(H,16,18)/t12-,13+/m0/s1. The maximum Gasteiger partial charge on any atom is 0.242 e. The first-order chi connectivity index (χ1) is 9.58. The number of likely N-dealkylation sites (tertiary alicyclic amines) is 1. The Bertz CT molecular complexity index is 478. The van der Waals surface area contributed by atoms with Gasteiger partial charge in [-0.05, 0) is 24.5 Å². The van der Waals surface area contributed by atoms with Gasteiger partial charge in [0.1, 0.15) is 0 Å². The summed E-state index contributed by atoms with van der Waals surface area (Å²) in [6, 6.07) is 3.51. The number of aliphatic hydroxyl groups is 1. The fraction of sp³-hybridized carbons (Fsp3) is 0.500. The molecule has 1 aromatic rings. The van der Waals surface area contributed by atoms with Gasteiger partial charge in [0.15, 0.2) is 0 Å². The number of carbonyl (C=O) groups excluding carboxylic acids is 2. The molecule has 1 aliphatic heterocycles. The number of hydrogen-bond acceptors (Lipinski definition) is 4. The Morgan fingerprint density at radius 3 is 3.00 bits per heavy atom. The van der Waals surface area contributed by atoms with Crippen molar-refractivity contribution in [3.05, 3.63) is 30.1 Å². The van der Waals surface area contributed by atoms with Gasteiger partial charge in [0, 0.05) is 25.9 Å². The minimum absolute atomic E-state index is 0.0222. The molecule has 0 aromatic carbocycles. The van der Waals surface area contributed by atoms with E-state index in [0.29, 0.717) is 19.4 Å². The third-order valence-corrected chi connectivity index (χ3v) is 3.49. The minimum atomic E-state index is -0.531. The first-order valence-electron chi connectivity index (χ1n) is 6.69. The lowest BCUT2D eigenvalue weighted by atomic mass is 10.0. The van der Waals surface area contributed by atoms with Crippen molar-refractivity contribution in [2.75, 3.05) is 13.1 Å². The molecule has 2 amide bonds. The van der Waals surface area contributed by atoms with Crippen LogP contribution in [0.15, 0.2) is 24.5 Å². The molecular weight excluding hydrogens is 258 g/mol. The van der Waals surface area contributed by atoms with Crippen LogP contribution in [0.2, 0.25) is 0 Å².